The molecular weight excluding hydrogens is 446 g/mol. The Morgan fingerprint density at radius 3 is 2.54 bits per heavy atom. The van der Waals surface area contributed by atoms with E-state index in [2.05, 4.69) is 4.98 Å². The lowest BCUT2D eigenvalue weighted by molar-refractivity contribution is -0.120. The minimum absolute atomic E-state index is 0.0845. The van der Waals surface area contributed by atoms with E-state index in [4.69, 9.17) is 4.74 Å². The number of methoxy groups -OCH3 is 1. The molecule has 0 radical (unpaired) electrons. The number of aromatic amines is 1. The first-order valence-corrected chi connectivity index (χ1v) is 11.2. The number of nitrogens with one attached hydrogen (secondary N) is 1. The number of carboxylic acids is 1. The third kappa shape index (κ3) is 3.10. The summed E-state index contributed by atoms with van der Waals surface area (Å²) in [5.74, 6) is -0.750. The Morgan fingerprint density at radius 2 is 1.80 bits per heavy atom. The molecule has 6 rings (SSSR count). The number of nitrogens with zero attached hydrogens (tertiary/aromatic N) is 2. The van der Waals surface area contributed by atoms with Gasteiger partial charge in [0.1, 0.15) is 17.8 Å². The Kier molecular flexibility index (Phi) is 4.63. The molecule has 3 amide bonds. The lowest BCUT2D eigenvalue weighted by Gasteiger charge is -2.36. The predicted molar refractivity (Wildman–Crippen MR) is 129 cm³/mol. The van der Waals surface area contributed by atoms with Crippen LogP contribution in [0.25, 0.3) is 10.9 Å². The molecule has 1 aromatic heterocycles. The summed E-state index contributed by atoms with van der Waals surface area (Å²) in [6, 6.07) is 19.5. The van der Waals surface area contributed by atoms with Crippen molar-refractivity contribution in [2.75, 3.05) is 12.0 Å². The van der Waals surface area contributed by atoms with Gasteiger partial charge >= 0.3 is 12.0 Å². The van der Waals surface area contributed by atoms with Gasteiger partial charge in [-0.15, -0.1) is 0 Å². The molecule has 2 N–H and O–H groups in total. The number of carbonyl (C=O) groups excluding carboxylic acids is 2. The number of amides is 3. The fourth-order valence-corrected chi connectivity index (χ4v) is 5.22. The van der Waals surface area contributed by atoms with Crippen LogP contribution >= 0.6 is 0 Å². The number of para-hydroxylation sites is 1. The molecule has 1 unspecified atom stereocenters. The lowest BCUT2D eigenvalue weighted by atomic mass is 9.89. The number of anilines is 1. The van der Waals surface area contributed by atoms with Crippen molar-refractivity contribution in [3.8, 4) is 5.75 Å². The second-order valence-corrected chi connectivity index (χ2v) is 8.68. The number of carboxylic acid groups (broad SMARTS) is 1. The molecule has 2 aliphatic heterocycles. The van der Waals surface area contributed by atoms with E-state index in [1.807, 2.05) is 48.5 Å². The minimum Gasteiger partial charge on any atom is -0.497 e. The summed E-state index contributed by atoms with van der Waals surface area (Å²) < 4.78 is 5.43. The second kappa shape index (κ2) is 7.73. The van der Waals surface area contributed by atoms with E-state index in [1.54, 1.807) is 12.0 Å². The highest BCUT2D eigenvalue weighted by atomic mass is 16.5. The molecule has 0 bridgehead atoms. The molecule has 0 aliphatic carbocycles. The Balaban J connectivity index is 1.51. The van der Waals surface area contributed by atoms with Crippen molar-refractivity contribution in [3.05, 3.63) is 95.2 Å². The van der Waals surface area contributed by atoms with Crippen molar-refractivity contribution >= 4 is 34.5 Å². The van der Waals surface area contributed by atoms with Crippen molar-refractivity contribution in [1.82, 2.24) is 9.88 Å². The van der Waals surface area contributed by atoms with E-state index in [0.29, 0.717) is 17.9 Å². The fourth-order valence-electron chi connectivity index (χ4n) is 5.22. The molecule has 2 aliphatic rings. The molecule has 3 aromatic carbocycles. The molecule has 8 heteroatoms. The van der Waals surface area contributed by atoms with E-state index in [1.165, 1.54) is 24.3 Å². The third-order valence-corrected chi connectivity index (χ3v) is 6.83. The summed E-state index contributed by atoms with van der Waals surface area (Å²) in [5, 5.41) is 10.2. The molecule has 2 atom stereocenters. The summed E-state index contributed by atoms with van der Waals surface area (Å²) in [7, 11) is 1.59. The van der Waals surface area contributed by atoms with Crippen LogP contribution in [0.5, 0.6) is 5.75 Å². The zero-order valence-electron chi connectivity index (χ0n) is 18.8. The first-order chi connectivity index (χ1) is 17.0. The van der Waals surface area contributed by atoms with Gasteiger partial charge in [0.25, 0.3) is 5.91 Å². The number of rotatable bonds is 4. The Bertz CT molecular complexity index is 1510. The summed E-state index contributed by atoms with van der Waals surface area (Å²) in [4.78, 5) is 45.0. The number of imide groups is 1. The quantitative estimate of drug-likeness (QED) is 0.434. The number of benzene rings is 3. The zero-order valence-corrected chi connectivity index (χ0v) is 18.8. The molecular formula is C27H21N3O5. The van der Waals surface area contributed by atoms with Gasteiger partial charge in [-0.3, -0.25) is 9.69 Å². The van der Waals surface area contributed by atoms with Gasteiger partial charge in [-0.05, 0) is 53.6 Å². The van der Waals surface area contributed by atoms with Crippen molar-refractivity contribution in [1.29, 1.82) is 0 Å². The molecule has 174 valence electrons. The maximum atomic E-state index is 13.8. The largest absolute Gasteiger partial charge is 0.497 e. The van der Waals surface area contributed by atoms with Crippen LogP contribution in [0.15, 0.2) is 72.8 Å². The van der Waals surface area contributed by atoms with Crippen molar-refractivity contribution in [3.63, 3.8) is 0 Å². The molecule has 1 fully saturated rings. The molecule has 0 saturated carbocycles. The molecule has 8 nitrogen and oxygen atoms in total. The number of fused-ring (bicyclic) bond motifs is 4. The Hall–Kier alpha value is -4.59. The topological polar surface area (TPSA) is 103 Å². The van der Waals surface area contributed by atoms with Gasteiger partial charge in [-0.25, -0.2) is 14.5 Å². The lowest BCUT2D eigenvalue weighted by Crippen LogP contribution is -2.44. The van der Waals surface area contributed by atoms with Gasteiger partial charge in [0, 0.05) is 23.0 Å². The predicted octanol–water partition coefficient (Wildman–Crippen LogP) is 4.36. The van der Waals surface area contributed by atoms with Crippen LogP contribution in [-0.2, 0) is 11.2 Å². The summed E-state index contributed by atoms with van der Waals surface area (Å²) in [6.07, 6.45) is 0.383. The highest BCUT2D eigenvalue weighted by Crippen LogP contribution is 2.45. The summed E-state index contributed by atoms with van der Waals surface area (Å²) in [5.41, 5.74) is 4.09. The number of H-pyrrole nitrogens is 1. The zero-order chi connectivity index (χ0) is 24.3. The molecule has 35 heavy (non-hydrogen) atoms. The average molecular weight is 467 g/mol. The Labute approximate surface area is 200 Å². The van der Waals surface area contributed by atoms with Crippen LogP contribution in [0.3, 0.4) is 0 Å². The fraction of sp³-hybridized carbons (Fsp3) is 0.148. The first kappa shape index (κ1) is 21.0. The van der Waals surface area contributed by atoms with Gasteiger partial charge in [0.05, 0.1) is 18.4 Å². The van der Waals surface area contributed by atoms with Crippen LogP contribution in [0.1, 0.15) is 33.2 Å². The highest BCUT2D eigenvalue weighted by Gasteiger charge is 2.53. The van der Waals surface area contributed by atoms with E-state index >= 15 is 0 Å². The number of hydrogen-bond acceptors (Lipinski definition) is 4. The Morgan fingerprint density at radius 1 is 1.03 bits per heavy atom. The van der Waals surface area contributed by atoms with Crippen LogP contribution in [0, 0.1) is 0 Å². The molecule has 4 aromatic rings. The molecule has 3 heterocycles. The number of hydrogen-bond donors (Lipinski definition) is 2. The van der Waals surface area contributed by atoms with Crippen molar-refractivity contribution in [2.24, 2.45) is 0 Å². The van der Waals surface area contributed by atoms with E-state index in [9.17, 15) is 19.5 Å². The van der Waals surface area contributed by atoms with Crippen molar-refractivity contribution < 1.29 is 24.2 Å². The van der Waals surface area contributed by atoms with Crippen LogP contribution in [0.2, 0.25) is 0 Å². The molecule has 1 saturated heterocycles. The van der Waals surface area contributed by atoms with Gasteiger partial charge in [0.15, 0.2) is 0 Å². The normalized spacial score (nSPS) is 19.1. The maximum Gasteiger partial charge on any atom is 0.335 e. The third-order valence-electron chi connectivity index (χ3n) is 6.83. The van der Waals surface area contributed by atoms with Gasteiger partial charge in [-0.2, -0.15) is 0 Å². The number of urea groups is 1. The SMILES string of the molecule is COc1cccc(C2c3[nH]c4ccccc4c3C[C@H]3C(=O)N(c4ccc(C(=O)O)cc4)C(=O)N23)c1. The number of aromatic nitrogens is 1. The standard InChI is InChI=1S/C27H21N3O5/c1-35-18-6-4-5-16(13-18)24-23-20(19-7-2-3-8-21(19)28-23)14-22-25(31)29(27(34)30(22)24)17-11-9-15(10-12-17)26(32)33/h2-13,22,24,28H,14H2,1H3,(H,32,33)/t22-,24?/m0/s1. The van der Waals surface area contributed by atoms with Crippen LogP contribution in [0.4, 0.5) is 10.5 Å². The van der Waals surface area contributed by atoms with E-state index in [-0.39, 0.29) is 11.5 Å². The van der Waals surface area contributed by atoms with Gasteiger partial charge < -0.3 is 14.8 Å². The molecule has 0 spiro atoms. The van der Waals surface area contributed by atoms with Gasteiger partial charge in [-0.1, -0.05) is 30.3 Å². The summed E-state index contributed by atoms with van der Waals surface area (Å²) in [6.45, 7) is 0. The number of aromatic carboxylic acids is 1. The number of ether oxygens (including phenoxy) is 1. The van der Waals surface area contributed by atoms with E-state index in [0.717, 1.165) is 32.6 Å². The number of carbonyl (C=O) groups is 3. The second-order valence-electron chi connectivity index (χ2n) is 8.68. The highest BCUT2D eigenvalue weighted by molar-refractivity contribution is 6.22. The monoisotopic (exact) mass is 467 g/mol. The van der Waals surface area contributed by atoms with Gasteiger partial charge in [0.2, 0.25) is 0 Å². The smallest absolute Gasteiger partial charge is 0.335 e. The summed E-state index contributed by atoms with van der Waals surface area (Å²) >= 11 is 0. The maximum absolute atomic E-state index is 13.8. The van der Waals surface area contributed by atoms with Crippen LogP contribution < -0.4 is 9.64 Å². The minimum atomic E-state index is -1.07. The van der Waals surface area contributed by atoms with E-state index < -0.39 is 24.1 Å². The first-order valence-electron chi connectivity index (χ1n) is 11.2. The average Bonchev–Trinajstić information content (AvgIpc) is 3.37. The van der Waals surface area contributed by atoms with Crippen molar-refractivity contribution in [2.45, 2.75) is 18.5 Å². The van der Waals surface area contributed by atoms with Crippen LogP contribution in [-0.4, -0.2) is 46.0 Å².